The van der Waals surface area contributed by atoms with Crippen molar-refractivity contribution < 1.29 is 45.0 Å². The van der Waals surface area contributed by atoms with Crippen LogP contribution in [0.4, 0.5) is 0 Å². The molecular weight excluding hydrogens is 540 g/mol. The number of aliphatic hydroxyl groups is 1. The Labute approximate surface area is 252 Å². The Morgan fingerprint density at radius 3 is 2.00 bits per heavy atom. The van der Waals surface area contributed by atoms with Crippen molar-refractivity contribution >= 4 is 17.9 Å². The highest BCUT2D eigenvalue weighted by Crippen LogP contribution is 2.60. The molecule has 0 aromatic carbocycles. The number of rotatable bonds is 7. The predicted molar refractivity (Wildman–Crippen MR) is 164 cm³/mol. The van der Waals surface area contributed by atoms with Gasteiger partial charge in [-0.25, -0.2) is 10.1 Å². The lowest BCUT2D eigenvalue weighted by Gasteiger charge is -2.44. The number of hydrogen-bond donors (Lipinski definition) is 5. The summed E-state index contributed by atoms with van der Waals surface area (Å²) in [6.07, 6.45) is 16.4. The van der Waals surface area contributed by atoms with E-state index in [4.69, 9.17) is 35.0 Å². The molecule has 0 aromatic rings. The van der Waals surface area contributed by atoms with Crippen LogP contribution in [-0.2, 0) is 19.3 Å². The summed E-state index contributed by atoms with van der Waals surface area (Å²) in [5.41, 5.74) is 4.07. The minimum atomic E-state index is -1.46. The van der Waals surface area contributed by atoms with E-state index < -0.39 is 23.7 Å². The molecule has 0 aromatic heterocycles. The molecule has 242 valence electrons. The highest BCUT2D eigenvalue weighted by molar-refractivity contribution is 5.63. The smallest absolute Gasteiger partial charge is 0.300 e. The molecule has 42 heavy (non-hydrogen) atoms. The van der Waals surface area contributed by atoms with Crippen LogP contribution in [0.5, 0.6) is 0 Å². The topological polar surface area (TPSA) is 162 Å². The number of carboxylic acid groups (broad SMARTS) is 3. The molecule has 1 unspecified atom stereocenters. The predicted octanol–water partition coefficient (Wildman–Crippen LogP) is 7.71. The summed E-state index contributed by atoms with van der Waals surface area (Å²) in [5.74, 6) is -0.818. The van der Waals surface area contributed by atoms with E-state index in [0.29, 0.717) is 30.6 Å². The van der Waals surface area contributed by atoms with Crippen LogP contribution in [0.3, 0.4) is 0 Å². The largest absolute Gasteiger partial charge is 0.481 e. The lowest BCUT2D eigenvalue weighted by Crippen LogP contribution is -2.36. The van der Waals surface area contributed by atoms with E-state index in [2.05, 4.69) is 51.3 Å². The quantitative estimate of drug-likeness (QED) is 0.113. The minimum Gasteiger partial charge on any atom is -0.481 e. The van der Waals surface area contributed by atoms with Crippen molar-refractivity contribution in [2.75, 3.05) is 0 Å². The van der Waals surface area contributed by atoms with Crippen molar-refractivity contribution in [3.8, 4) is 0 Å². The maximum atomic E-state index is 10.3. The second kappa shape index (κ2) is 18.9. The fourth-order valence-electron chi connectivity index (χ4n) is 6.74. The molecule has 3 saturated carbocycles. The van der Waals surface area contributed by atoms with Gasteiger partial charge in [-0.2, -0.15) is 0 Å². The average molecular weight is 597 g/mol. The molecule has 0 amide bonds. The maximum absolute atomic E-state index is 10.3. The van der Waals surface area contributed by atoms with Crippen molar-refractivity contribution in [1.29, 1.82) is 0 Å². The molecule has 9 nitrogen and oxygen atoms in total. The van der Waals surface area contributed by atoms with Crippen LogP contribution in [0.2, 0.25) is 0 Å². The van der Waals surface area contributed by atoms with E-state index in [1.54, 1.807) is 5.57 Å². The van der Waals surface area contributed by atoms with Crippen LogP contribution in [0, 0.1) is 29.1 Å². The van der Waals surface area contributed by atoms with E-state index in [1.165, 1.54) is 51.4 Å². The Morgan fingerprint density at radius 1 is 0.952 bits per heavy atom. The van der Waals surface area contributed by atoms with Gasteiger partial charge in [0.25, 0.3) is 17.9 Å². The van der Waals surface area contributed by atoms with Crippen LogP contribution in [0.15, 0.2) is 35.5 Å². The molecule has 9 heteroatoms. The summed E-state index contributed by atoms with van der Waals surface area (Å²) in [6.45, 7) is 17.1. The third-order valence-electron chi connectivity index (χ3n) is 8.57. The van der Waals surface area contributed by atoms with Gasteiger partial charge >= 0.3 is 0 Å². The van der Waals surface area contributed by atoms with Crippen LogP contribution < -0.4 is 0 Å². The van der Waals surface area contributed by atoms with Crippen LogP contribution >= 0.6 is 0 Å². The van der Waals surface area contributed by atoms with E-state index >= 15 is 0 Å². The van der Waals surface area contributed by atoms with E-state index in [9.17, 15) is 5.11 Å². The second-order valence-corrected chi connectivity index (χ2v) is 12.7. The molecule has 5 atom stereocenters. The Morgan fingerprint density at radius 2 is 1.50 bits per heavy atom. The van der Waals surface area contributed by atoms with E-state index in [-0.39, 0.29) is 0 Å². The highest BCUT2D eigenvalue weighted by atomic mass is 17.1. The number of allylic oxidation sites excluding steroid dienone is 4. The van der Waals surface area contributed by atoms with Gasteiger partial charge in [0.2, 0.25) is 5.79 Å². The van der Waals surface area contributed by atoms with E-state index in [1.807, 2.05) is 0 Å². The van der Waals surface area contributed by atoms with Crippen LogP contribution in [0.1, 0.15) is 119 Å². The highest BCUT2D eigenvalue weighted by Gasteiger charge is 2.50. The zero-order valence-corrected chi connectivity index (χ0v) is 26.8. The molecule has 3 rings (SSSR count). The maximum Gasteiger partial charge on any atom is 0.300 e. The average Bonchev–Trinajstić information content (AvgIpc) is 3.21. The van der Waals surface area contributed by atoms with Gasteiger partial charge in [-0.3, -0.25) is 14.4 Å². The minimum absolute atomic E-state index is 0.309. The van der Waals surface area contributed by atoms with Gasteiger partial charge in [-0.05, 0) is 73.2 Å². The van der Waals surface area contributed by atoms with Crippen molar-refractivity contribution in [2.45, 2.75) is 125 Å². The molecule has 0 saturated heterocycles. The molecule has 0 heterocycles. The zero-order chi connectivity index (χ0) is 32.7. The third-order valence-corrected chi connectivity index (χ3v) is 8.57. The Balaban J connectivity index is 0.00000119. The lowest BCUT2D eigenvalue weighted by atomic mass is 9.60. The van der Waals surface area contributed by atoms with Crippen LogP contribution in [0.25, 0.3) is 0 Å². The molecule has 5 N–H and O–H groups in total. The van der Waals surface area contributed by atoms with Gasteiger partial charge in [-0.1, -0.05) is 76.8 Å². The fourth-order valence-corrected chi connectivity index (χ4v) is 6.74. The standard InChI is InChI=1S/C27H44O3.3C2H4O2/c1-19(2)8-6-9-21(4)24-13-14-25-22(10-7-16-26(24,25)5)11-12-23-18-27(28,30-29)17-15-20(23)3;3*1-2(3)4/h11-12,19,21,24-25,28-29H,3,6-10,13-18H2,1-2,4-5H3;3*1H3,(H,3,4)/b22-11?,23-12-;;;/t21-,24-,25?,26-,27+;;;/m1.../s1. The Kier molecular flexibility index (Phi) is 17.8. The normalized spacial score (nSPS) is 29.2. The molecule has 0 aliphatic heterocycles. The van der Waals surface area contributed by atoms with Gasteiger partial charge < -0.3 is 20.4 Å². The SMILES string of the molecule is C=C1CC[C@](O)(OO)C/C1=C/C=C1CCC[C@@]2(C)C1CC[C@@H]2[C@H](C)CCCC(C)C.CC(=O)O.CC(=O)O.CC(=O)O. The first-order chi connectivity index (χ1) is 19.4. The molecule has 3 aliphatic rings. The molecule has 3 fully saturated rings. The van der Waals surface area contributed by atoms with Crippen molar-refractivity contribution in [1.82, 2.24) is 0 Å². The number of aliphatic carboxylic acids is 3. The fraction of sp³-hybridized carbons (Fsp3) is 0.727. The van der Waals surface area contributed by atoms with Crippen molar-refractivity contribution in [3.05, 3.63) is 35.5 Å². The van der Waals surface area contributed by atoms with Crippen molar-refractivity contribution in [2.24, 2.45) is 29.1 Å². The van der Waals surface area contributed by atoms with Gasteiger partial charge in [-0.15, -0.1) is 0 Å². The second-order valence-electron chi connectivity index (χ2n) is 12.7. The van der Waals surface area contributed by atoms with E-state index in [0.717, 1.165) is 49.7 Å². The van der Waals surface area contributed by atoms with Crippen LogP contribution in [-0.4, -0.2) is 49.4 Å². The summed E-state index contributed by atoms with van der Waals surface area (Å²) < 4.78 is 0. The summed E-state index contributed by atoms with van der Waals surface area (Å²) in [5, 5.41) is 41.7. The summed E-state index contributed by atoms with van der Waals surface area (Å²) in [4.78, 5) is 31.4. The monoisotopic (exact) mass is 596 g/mol. The summed E-state index contributed by atoms with van der Waals surface area (Å²) in [7, 11) is 0. The van der Waals surface area contributed by atoms with Crippen molar-refractivity contribution in [3.63, 3.8) is 0 Å². The first-order valence-electron chi connectivity index (χ1n) is 15.1. The summed E-state index contributed by atoms with van der Waals surface area (Å²) in [6, 6.07) is 0. The molecule has 0 bridgehead atoms. The summed E-state index contributed by atoms with van der Waals surface area (Å²) >= 11 is 0. The van der Waals surface area contributed by atoms with Gasteiger partial charge in [0.15, 0.2) is 0 Å². The Bertz CT molecular complexity index is 911. The lowest BCUT2D eigenvalue weighted by molar-refractivity contribution is -0.394. The van der Waals surface area contributed by atoms with Gasteiger partial charge in [0.1, 0.15) is 0 Å². The molecule has 0 radical (unpaired) electrons. The zero-order valence-electron chi connectivity index (χ0n) is 26.8. The number of carboxylic acids is 3. The molecule has 0 spiro atoms. The number of carbonyl (C=O) groups is 3. The van der Waals surface area contributed by atoms with Gasteiger partial charge in [0.05, 0.1) is 0 Å². The first kappa shape index (κ1) is 39.5. The number of hydrogen-bond acceptors (Lipinski definition) is 6. The number of fused-ring (bicyclic) bond motifs is 1. The Hall–Kier alpha value is -2.49. The first-order valence-corrected chi connectivity index (χ1v) is 15.1. The van der Waals surface area contributed by atoms with Gasteiger partial charge in [0, 0.05) is 33.6 Å². The molecule has 3 aliphatic carbocycles. The third kappa shape index (κ3) is 14.6. The molecular formula is C33H56O9.